The zero-order valence-electron chi connectivity index (χ0n) is 13.3. The molecule has 1 amide bonds. The lowest BCUT2D eigenvalue weighted by Crippen LogP contribution is -2.45. The van der Waals surface area contributed by atoms with Crippen LogP contribution in [0.1, 0.15) is 24.0 Å². The molecule has 4 nitrogen and oxygen atoms in total. The van der Waals surface area contributed by atoms with Gasteiger partial charge in [0, 0.05) is 13.5 Å². The van der Waals surface area contributed by atoms with Crippen molar-refractivity contribution < 1.29 is 14.7 Å². The molecular formula is C19H21NO3. The van der Waals surface area contributed by atoms with Crippen LogP contribution in [0.4, 0.5) is 0 Å². The van der Waals surface area contributed by atoms with Crippen molar-refractivity contribution in [2.75, 3.05) is 7.05 Å². The molecule has 1 unspecified atom stereocenters. The molecule has 0 radical (unpaired) electrons. The van der Waals surface area contributed by atoms with Crippen molar-refractivity contribution in [3.8, 4) is 0 Å². The van der Waals surface area contributed by atoms with Crippen molar-refractivity contribution in [3.05, 3.63) is 71.8 Å². The quantitative estimate of drug-likeness (QED) is 0.892. The Kier molecular flexibility index (Phi) is 5.52. The minimum atomic E-state index is -0.995. The first-order chi connectivity index (χ1) is 11.0. The highest BCUT2D eigenvalue weighted by molar-refractivity contribution is 5.87. The van der Waals surface area contributed by atoms with Crippen LogP contribution < -0.4 is 0 Å². The predicted octanol–water partition coefficient (Wildman–Crippen LogP) is 2.94. The number of hydrogen-bond acceptors (Lipinski definition) is 2. The second-order valence-corrected chi connectivity index (χ2v) is 5.63. The molecule has 4 heteroatoms. The summed E-state index contributed by atoms with van der Waals surface area (Å²) in [6.07, 6.45) is 0.292. The topological polar surface area (TPSA) is 57.6 Å². The standard InChI is InChI=1S/C19H21NO3/c1-14(16-11-7-4-8-12-16)18(21)20(2)17(19(22)23)13-15-9-5-3-6-10-15/h3-12,14,17H,13H2,1-2H3,(H,22,23)/t14-,17?/m0/s1. The molecule has 2 atom stereocenters. The number of hydrogen-bond donors (Lipinski definition) is 1. The van der Waals surface area contributed by atoms with E-state index >= 15 is 0 Å². The Morgan fingerprint density at radius 2 is 1.52 bits per heavy atom. The van der Waals surface area contributed by atoms with Crippen LogP contribution >= 0.6 is 0 Å². The van der Waals surface area contributed by atoms with Crippen LogP contribution in [0.15, 0.2) is 60.7 Å². The maximum Gasteiger partial charge on any atom is 0.326 e. The van der Waals surface area contributed by atoms with Crippen molar-refractivity contribution in [1.82, 2.24) is 4.90 Å². The number of benzene rings is 2. The number of likely N-dealkylation sites (N-methyl/N-ethyl adjacent to an activating group) is 1. The zero-order valence-corrected chi connectivity index (χ0v) is 13.3. The summed E-state index contributed by atoms with van der Waals surface area (Å²) in [7, 11) is 1.56. The van der Waals surface area contributed by atoms with E-state index in [1.54, 1.807) is 14.0 Å². The summed E-state index contributed by atoms with van der Waals surface area (Å²) < 4.78 is 0. The molecular weight excluding hydrogens is 290 g/mol. The Balaban J connectivity index is 2.15. The first kappa shape index (κ1) is 16.7. The molecule has 0 aliphatic carbocycles. The summed E-state index contributed by atoms with van der Waals surface area (Å²) in [5, 5.41) is 9.51. The van der Waals surface area contributed by atoms with Crippen molar-refractivity contribution in [2.45, 2.75) is 25.3 Å². The molecule has 120 valence electrons. The molecule has 0 bridgehead atoms. The second-order valence-electron chi connectivity index (χ2n) is 5.63. The van der Waals surface area contributed by atoms with Crippen molar-refractivity contribution in [2.24, 2.45) is 0 Å². The molecule has 1 N–H and O–H groups in total. The van der Waals surface area contributed by atoms with E-state index < -0.39 is 12.0 Å². The summed E-state index contributed by atoms with van der Waals surface area (Å²) in [4.78, 5) is 25.6. The molecule has 23 heavy (non-hydrogen) atoms. The minimum Gasteiger partial charge on any atom is -0.480 e. The number of carbonyl (C=O) groups is 2. The Labute approximate surface area is 136 Å². The Bertz CT molecular complexity index is 655. The maximum atomic E-state index is 12.6. The highest BCUT2D eigenvalue weighted by Gasteiger charge is 2.29. The predicted molar refractivity (Wildman–Crippen MR) is 89.2 cm³/mol. The highest BCUT2D eigenvalue weighted by Crippen LogP contribution is 2.19. The van der Waals surface area contributed by atoms with Crippen molar-refractivity contribution >= 4 is 11.9 Å². The van der Waals surface area contributed by atoms with Gasteiger partial charge in [-0.25, -0.2) is 4.79 Å². The number of carboxylic acid groups (broad SMARTS) is 1. The number of carbonyl (C=O) groups excluding carboxylic acids is 1. The molecule has 0 saturated heterocycles. The number of carboxylic acids is 1. The molecule has 0 fully saturated rings. The molecule has 0 heterocycles. The number of rotatable bonds is 6. The average molecular weight is 311 g/mol. The third-order valence-electron chi connectivity index (χ3n) is 4.04. The average Bonchev–Trinajstić information content (AvgIpc) is 2.59. The number of aliphatic carboxylic acids is 1. The molecule has 0 saturated carbocycles. The Morgan fingerprint density at radius 3 is 2.04 bits per heavy atom. The van der Waals surface area contributed by atoms with E-state index in [1.807, 2.05) is 60.7 Å². The van der Waals surface area contributed by atoms with Crippen LogP contribution in [-0.2, 0) is 16.0 Å². The van der Waals surface area contributed by atoms with Gasteiger partial charge in [-0.05, 0) is 18.1 Å². The monoisotopic (exact) mass is 311 g/mol. The van der Waals surface area contributed by atoms with E-state index in [0.717, 1.165) is 11.1 Å². The van der Waals surface area contributed by atoms with Gasteiger partial charge in [0.1, 0.15) is 6.04 Å². The summed E-state index contributed by atoms with van der Waals surface area (Å²) in [6, 6.07) is 17.9. The summed E-state index contributed by atoms with van der Waals surface area (Å²) in [6.45, 7) is 1.80. The largest absolute Gasteiger partial charge is 0.480 e. The summed E-state index contributed by atoms with van der Waals surface area (Å²) in [5.41, 5.74) is 1.78. The molecule has 0 aromatic heterocycles. The van der Waals surface area contributed by atoms with Crippen molar-refractivity contribution in [1.29, 1.82) is 0 Å². The van der Waals surface area contributed by atoms with Gasteiger partial charge >= 0.3 is 5.97 Å². The third-order valence-corrected chi connectivity index (χ3v) is 4.04. The molecule has 0 aliphatic rings. The molecule has 0 spiro atoms. The fraction of sp³-hybridized carbons (Fsp3) is 0.263. The number of amides is 1. The van der Waals surface area contributed by atoms with E-state index in [9.17, 15) is 14.7 Å². The van der Waals surface area contributed by atoms with E-state index in [-0.39, 0.29) is 11.8 Å². The zero-order chi connectivity index (χ0) is 16.8. The van der Waals surface area contributed by atoms with Crippen LogP contribution in [0.3, 0.4) is 0 Å². The highest BCUT2D eigenvalue weighted by atomic mass is 16.4. The van der Waals surface area contributed by atoms with E-state index in [4.69, 9.17) is 0 Å². The van der Waals surface area contributed by atoms with E-state index in [1.165, 1.54) is 4.90 Å². The van der Waals surface area contributed by atoms with Crippen LogP contribution in [0.25, 0.3) is 0 Å². The molecule has 0 aliphatic heterocycles. The van der Waals surface area contributed by atoms with Crippen LogP contribution in [0.5, 0.6) is 0 Å². The van der Waals surface area contributed by atoms with Gasteiger partial charge in [0.05, 0.1) is 5.92 Å². The summed E-state index contributed by atoms with van der Waals surface area (Å²) in [5.74, 6) is -1.57. The van der Waals surface area contributed by atoms with Crippen LogP contribution in [0, 0.1) is 0 Å². The minimum absolute atomic E-state index is 0.195. The van der Waals surface area contributed by atoms with Gasteiger partial charge in [0.2, 0.25) is 5.91 Å². The third kappa shape index (κ3) is 4.19. The molecule has 2 rings (SSSR count). The van der Waals surface area contributed by atoms with Gasteiger partial charge < -0.3 is 10.0 Å². The van der Waals surface area contributed by atoms with Gasteiger partial charge in [0.15, 0.2) is 0 Å². The van der Waals surface area contributed by atoms with Gasteiger partial charge in [-0.3, -0.25) is 4.79 Å². The smallest absolute Gasteiger partial charge is 0.326 e. The lowest BCUT2D eigenvalue weighted by Gasteiger charge is -2.27. The SMILES string of the molecule is C[C@H](C(=O)N(C)C(Cc1ccccc1)C(=O)O)c1ccccc1. The van der Waals surface area contributed by atoms with E-state index in [2.05, 4.69) is 0 Å². The summed E-state index contributed by atoms with van der Waals surface area (Å²) >= 11 is 0. The van der Waals surface area contributed by atoms with Gasteiger partial charge in [-0.2, -0.15) is 0 Å². The maximum absolute atomic E-state index is 12.6. The Hall–Kier alpha value is -2.62. The fourth-order valence-electron chi connectivity index (χ4n) is 2.57. The van der Waals surface area contributed by atoms with E-state index in [0.29, 0.717) is 6.42 Å². The first-order valence-corrected chi connectivity index (χ1v) is 7.59. The first-order valence-electron chi connectivity index (χ1n) is 7.59. The lowest BCUT2D eigenvalue weighted by atomic mass is 9.98. The van der Waals surface area contributed by atoms with Gasteiger partial charge in [-0.15, -0.1) is 0 Å². The van der Waals surface area contributed by atoms with Crippen LogP contribution in [0.2, 0.25) is 0 Å². The molecule has 2 aromatic rings. The lowest BCUT2D eigenvalue weighted by molar-refractivity contribution is -0.149. The molecule has 2 aromatic carbocycles. The van der Waals surface area contributed by atoms with Crippen molar-refractivity contribution in [3.63, 3.8) is 0 Å². The van der Waals surface area contributed by atoms with Crippen LogP contribution in [-0.4, -0.2) is 35.0 Å². The second kappa shape index (κ2) is 7.58. The normalized spacial score (nSPS) is 13.1. The fourth-order valence-corrected chi connectivity index (χ4v) is 2.57. The van der Waals surface area contributed by atoms with Gasteiger partial charge in [0.25, 0.3) is 0 Å². The van der Waals surface area contributed by atoms with Gasteiger partial charge in [-0.1, -0.05) is 60.7 Å². The Morgan fingerprint density at radius 1 is 1.00 bits per heavy atom. The number of nitrogens with zero attached hydrogens (tertiary/aromatic N) is 1.